The van der Waals surface area contributed by atoms with Gasteiger partial charge in [-0.2, -0.15) is 0 Å². The van der Waals surface area contributed by atoms with E-state index >= 15 is 0 Å². The molecule has 0 atom stereocenters. The van der Waals surface area contributed by atoms with Gasteiger partial charge in [-0.15, -0.1) is 0 Å². The molecule has 18 heavy (non-hydrogen) atoms. The highest BCUT2D eigenvalue weighted by Gasteiger charge is 1.95. The third-order valence-corrected chi connectivity index (χ3v) is 2.80. The van der Waals surface area contributed by atoms with E-state index in [4.69, 9.17) is 0 Å². The van der Waals surface area contributed by atoms with E-state index in [1.807, 2.05) is 18.2 Å². The van der Waals surface area contributed by atoms with Crippen molar-refractivity contribution < 1.29 is 0 Å². The Hall–Kier alpha value is -2.20. The maximum atomic E-state index is 3.20. The molecule has 0 saturated carbocycles. The van der Waals surface area contributed by atoms with Crippen LogP contribution in [0, 0.1) is 18.8 Å². The first-order valence-corrected chi connectivity index (χ1v) is 6.07. The lowest BCUT2D eigenvalue weighted by atomic mass is 10.1. The molecule has 90 valence electrons. The first-order chi connectivity index (χ1) is 8.75. The average Bonchev–Trinajstić information content (AvgIpc) is 2.42. The first-order valence-electron chi connectivity index (χ1n) is 6.07. The minimum absolute atomic E-state index is 0.734. The summed E-state index contributed by atoms with van der Waals surface area (Å²) in [5.41, 5.74) is 3.53. The Labute approximate surface area is 109 Å². The van der Waals surface area contributed by atoms with Crippen LogP contribution in [-0.2, 0) is 0 Å². The fourth-order valence-corrected chi connectivity index (χ4v) is 1.67. The van der Waals surface area contributed by atoms with E-state index in [9.17, 15) is 0 Å². The van der Waals surface area contributed by atoms with Gasteiger partial charge >= 0.3 is 0 Å². The predicted molar refractivity (Wildman–Crippen MR) is 77.8 cm³/mol. The van der Waals surface area contributed by atoms with Crippen LogP contribution in [-0.4, -0.2) is 13.6 Å². The molecule has 1 nitrogen and oxygen atoms in total. The monoisotopic (exact) mass is 235 g/mol. The fraction of sp³-hybridized carbons (Fsp3) is 0.176. The Bertz CT molecular complexity index is 544. The maximum Gasteiger partial charge on any atom is 0.0794 e. The second-order valence-corrected chi connectivity index (χ2v) is 4.36. The Balaban J connectivity index is 1.98. The van der Waals surface area contributed by atoms with Gasteiger partial charge in [0, 0.05) is 18.3 Å². The minimum atomic E-state index is 0.734. The van der Waals surface area contributed by atoms with E-state index in [0.29, 0.717) is 0 Å². The van der Waals surface area contributed by atoms with Crippen LogP contribution in [0.2, 0.25) is 0 Å². The summed E-state index contributed by atoms with van der Waals surface area (Å²) in [7, 11) is 2.05. The predicted octanol–water partition coefficient (Wildman–Crippen LogP) is 3.48. The molecule has 0 saturated heterocycles. The highest BCUT2D eigenvalue weighted by atomic mass is 15.1. The van der Waals surface area contributed by atoms with Crippen molar-refractivity contribution in [3.63, 3.8) is 0 Å². The van der Waals surface area contributed by atoms with E-state index < -0.39 is 0 Å². The van der Waals surface area contributed by atoms with Gasteiger partial charge in [-0.05, 0) is 31.2 Å². The lowest BCUT2D eigenvalue weighted by Gasteiger charge is -2.15. The van der Waals surface area contributed by atoms with Gasteiger partial charge in [-0.3, -0.25) is 0 Å². The van der Waals surface area contributed by atoms with Crippen molar-refractivity contribution in [1.29, 1.82) is 0 Å². The summed E-state index contributed by atoms with van der Waals surface area (Å²) in [6.07, 6.45) is 0. The number of hydrogen-bond acceptors (Lipinski definition) is 1. The summed E-state index contributed by atoms with van der Waals surface area (Å²) < 4.78 is 0. The van der Waals surface area contributed by atoms with E-state index in [0.717, 1.165) is 12.1 Å². The molecular weight excluding hydrogens is 218 g/mol. The van der Waals surface area contributed by atoms with Crippen LogP contribution in [0.3, 0.4) is 0 Å². The maximum absolute atomic E-state index is 3.20. The molecule has 2 aromatic rings. The molecule has 0 radical (unpaired) electrons. The van der Waals surface area contributed by atoms with Crippen molar-refractivity contribution in [1.82, 2.24) is 0 Å². The van der Waals surface area contributed by atoms with Crippen LogP contribution in [0.25, 0.3) is 0 Å². The number of benzene rings is 2. The summed E-state index contributed by atoms with van der Waals surface area (Å²) >= 11 is 0. The topological polar surface area (TPSA) is 3.24 Å². The van der Waals surface area contributed by atoms with Crippen LogP contribution >= 0.6 is 0 Å². The third kappa shape index (κ3) is 3.40. The van der Waals surface area contributed by atoms with Crippen molar-refractivity contribution in [2.24, 2.45) is 0 Å². The molecule has 0 bridgehead atoms. The number of rotatable bonds is 2. The summed E-state index contributed by atoms with van der Waals surface area (Å²) in [6.45, 7) is 2.82. The Kier molecular flexibility index (Phi) is 4.04. The molecule has 1 heteroatoms. The summed E-state index contributed by atoms with van der Waals surface area (Å²) in [6, 6.07) is 18.6. The zero-order valence-corrected chi connectivity index (χ0v) is 10.9. The van der Waals surface area contributed by atoms with Crippen molar-refractivity contribution in [3.05, 3.63) is 65.7 Å². The Morgan fingerprint density at radius 3 is 2.28 bits per heavy atom. The van der Waals surface area contributed by atoms with Crippen molar-refractivity contribution in [2.45, 2.75) is 6.92 Å². The molecule has 0 heterocycles. The van der Waals surface area contributed by atoms with Gasteiger partial charge in [0.25, 0.3) is 0 Å². The van der Waals surface area contributed by atoms with E-state index in [2.05, 4.69) is 67.1 Å². The van der Waals surface area contributed by atoms with Crippen molar-refractivity contribution >= 4 is 5.69 Å². The molecule has 0 aromatic heterocycles. The molecule has 0 aliphatic rings. The molecule has 2 rings (SSSR count). The van der Waals surface area contributed by atoms with Gasteiger partial charge in [0.1, 0.15) is 0 Å². The van der Waals surface area contributed by atoms with Crippen LogP contribution in [0.5, 0.6) is 0 Å². The quantitative estimate of drug-likeness (QED) is 0.720. The molecule has 0 unspecified atom stereocenters. The first kappa shape index (κ1) is 12.3. The molecular formula is C17H17N. The van der Waals surface area contributed by atoms with E-state index in [-0.39, 0.29) is 0 Å². The van der Waals surface area contributed by atoms with Crippen molar-refractivity contribution in [2.75, 3.05) is 18.5 Å². The molecule has 0 amide bonds. The highest BCUT2D eigenvalue weighted by molar-refractivity contribution is 5.47. The average molecular weight is 235 g/mol. The minimum Gasteiger partial charge on any atom is -0.363 e. The SMILES string of the molecule is Cc1ccc(C#CCN(C)c2ccccc2)cc1. The second-order valence-electron chi connectivity index (χ2n) is 4.36. The van der Waals surface area contributed by atoms with E-state index in [1.165, 1.54) is 11.3 Å². The summed E-state index contributed by atoms with van der Waals surface area (Å²) in [5, 5.41) is 0. The van der Waals surface area contributed by atoms with E-state index in [1.54, 1.807) is 0 Å². The highest BCUT2D eigenvalue weighted by Crippen LogP contribution is 2.09. The molecule has 0 aliphatic heterocycles. The number of hydrogen-bond donors (Lipinski definition) is 0. The van der Waals surface area contributed by atoms with Gasteiger partial charge in [-0.1, -0.05) is 47.7 Å². The summed E-state index contributed by atoms with van der Waals surface area (Å²) in [4.78, 5) is 2.14. The number of nitrogens with zero attached hydrogens (tertiary/aromatic N) is 1. The molecule has 0 spiro atoms. The normalized spacial score (nSPS) is 9.44. The molecule has 0 aliphatic carbocycles. The Morgan fingerprint density at radius 2 is 1.61 bits per heavy atom. The molecule has 0 fully saturated rings. The zero-order chi connectivity index (χ0) is 12.8. The smallest absolute Gasteiger partial charge is 0.0794 e. The number of aryl methyl sites for hydroxylation is 1. The molecule has 0 N–H and O–H groups in total. The lowest BCUT2D eigenvalue weighted by molar-refractivity contribution is 1.05. The summed E-state index contributed by atoms with van der Waals surface area (Å²) in [5.74, 6) is 6.38. The standard InChI is InChI=1S/C17H17N/c1-15-10-12-16(13-11-15)7-6-14-18(2)17-8-4-3-5-9-17/h3-5,8-13H,14H2,1-2H3. The van der Waals surface area contributed by atoms with Crippen LogP contribution in [0.4, 0.5) is 5.69 Å². The van der Waals surface area contributed by atoms with Crippen LogP contribution < -0.4 is 4.90 Å². The van der Waals surface area contributed by atoms with Gasteiger partial charge in [-0.25, -0.2) is 0 Å². The van der Waals surface area contributed by atoms with Crippen LogP contribution in [0.15, 0.2) is 54.6 Å². The van der Waals surface area contributed by atoms with Crippen molar-refractivity contribution in [3.8, 4) is 11.8 Å². The zero-order valence-electron chi connectivity index (χ0n) is 10.9. The van der Waals surface area contributed by atoms with Gasteiger partial charge in [0.05, 0.1) is 6.54 Å². The van der Waals surface area contributed by atoms with Gasteiger partial charge in [0.2, 0.25) is 0 Å². The second kappa shape index (κ2) is 5.93. The fourth-order valence-electron chi connectivity index (χ4n) is 1.67. The number of anilines is 1. The van der Waals surface area contributed by atoms with Crippen LogP contribution in [0.1, 0.15) is 11.1 Å². The largest absolute Gasteiger partial charge is 0.363 e. The third-order valence-electron chi connectivity index (χ3n) is 2.80. The number of para-hydroxylation sites is 1. The van der Waals surface area contributed by atoms with Gasteiger partial charge in [0.15, 0.2) is 0 Å². The van der Waals surface area contributed by atoms with Gasteiger partial charge < -0.3 is 4.90 Å². The Morgan fingerprint density at radius 1 is 0.944 bits per heavy atom. The molecule has 2 aromatic carbocycles. The lowest BCUT2D eigenvalue weighted by Crippen LogP contribution is -2.16.